The normalized spacial score (nSPS) is 28.8. The van der Waals surface area contributed by atoms with Crippen LogP contribution in [0.15, 0.2) is 0 Å². The quantitative estimate of drug-likeness (QED) is 0.755. The topological polar surface area (TPSA) is 43.8 Å². The van der Waals surface area contributed by atoms with Gasteiger partial charge in [-0.1, -0.05) is 0 Å². The molecule has 2 rings (SSSR count). The molecular formula is C12H22N2O2S2. The third-order valence-corrected chi connectivity index (χ3v) is 5.97. The van der Waals surface area contributed by atoms with Gasteiger partial charge in [-0.05, 0) is 0 Å². The van der Waals surface area contributed by atoms with Gasteiger partial charge in [-0.25, -0.2) is 0 Å². The van der Waals surface area contributed by atoms with Gasteiger partial charge in [0.25, 0.3) is 0 Å². The maximum absolute atomic E-state index is 11.4. The van der Waals surface area contributed by atoms with Gasteiger partial charge in [0, 0.05) is 62.2 Å². The first-order chi connectivity index (χ1) is 8.66. The van der Waals surface area contributed by atoms with Crippen LogP contribution in [-0.4, -0.2) is 82.1 Å². The fourth-order valence-corrected chi connectivity index (χ4v) is 5.07. The van der Waals surface area contributed by atoms with Crippen molar-refractivity contribution >= 4 is 29.4 Å². The molecule has 1 unspecified atom stereocenters. The molecule has 2 fully saturated rings. The number of nitrogens with zero attached hydrogens (tertiary/aromatic N) is 2. The predicted octanol–water partition coefficient (Wildman–Crippen LogP) is 0.360. The number of rotatable bonds is 1. The Balaban J connectivity index is 1.94. The molecule has 2 aliphatic heterocycles. The number of thioether (sulfide) groups is 2. The van der Waals surface area contributed by atoms with Crippen molar-refractivity contribution in [3.05, 3.63) is 0 Å². The molecule has 6 heteroatoms. The van der Waals surface area contributed by atoms with Crippen molar-refractivity contribution in [3.63, 3.8) is 0 Å². The summed E-state index contributed by atoms with van der Waals surface area (Å²) in [5, 5.41) is 10.0. The lowest BCUT2D eigenvalue weighted by Gasteiger charge is -2.29. The highest BCUT2D eigenvalue weighted by Gasteiger charge is 2.27. The zero-order chi connectivity index (χ0) is 13.0. The van der Waals surface area contributed by atoms with E-state index in [1.54, 1.807) is 11.8 Å². The average molecular weight is 290 g/mol. The van der Waals surface area contributed by atoms with Crippen LogP contribution in [0.2, 0.25) is 0 Å². The largest absolute Gasteiger partial charge is 0.390 e. The highest BCUT2D eigenvalue weighted by Crippen LogP contribution is 2.21. The Bertz CT molecular complexity index is 283. The lowest BCUT2D eigenvalue weighted by atomic mass is 10.2. The molecular weight excluding hydrogens is 268 g/mol. The Morgan fingerprint density at radius 3 is 2.44 bits per heavy atom. The van der Waals surface area contributed by atoms with E-state index in [9.17, 15) is 9.90 Å². The lowest BCUT2D eigenvalue weighted by Crippen LogP contribution is -2.43. The molecule has 0 aliphatic carbocycles. The summed E-state index contributed by atoms with van der Waals surface area (Å²) in [6.07, 6.45) is -0.408. The van der Waals surface area contributed by atoms with Gasteiger partial charge in [0.1, 0.15) is 0 Å². The van der Waals surface area contributed by atoms with Crippen molar-refractivity contribution in [2.24, 2.45) is 0 Å². The van der Waals surface area contributed by atoms with Crippen LogP contribution in [0, 0.1) is 0 Å². The smallest absolute Gasteiger partial charge is 0.219 e. The Hall–Kier alpha value is 0.0900. The van der Waals surface area contributed by atoms with E-state index >= 15 is 0 Å². The van der Waals surface area contributed by atoms with Crippen LogP contribution < -0.4 is 0 Å². The minimum absolute atomic E-state index is 0.0699. The van der Waals surface area contributed by atoms with E-state index in [1.165, 1.54) is 11.5 Å². The monoisotopic (exact) mass is 290 g/mol. The summed E-state index contributed by atoms with van der Waals surface area (Å²) in [6.45, 7) is 4.41. The molecule has 1 amide bonds. The first-order valence-corrected chi connectivity index (χ1v) is 8.81. The number of aliphatic hydroxyl groups excluding tert-OH is 1. The molecule has 0 radical (unpaired) electrons. The van der Waals surface area contributed by atoms with Crippen LogP contribution in [-0.2, 0) is 4.79 Å². The molecule has 0 aromatic heterocycles. The highest BCUT2D eigenvalue weighted by atomic mass is 32.2. The van der Waals surface area contributed by atoms with Crippen LogP contribution in [0.4, 0.5) is 0 Å². The van der Waals surface area contributed by atoms with E-state index in [1.807, 2.05) is 23.5 Å². The summed E-state index contributed by atoms with van der Waals surface area (Å²) < 4.78 is 0. The van der Waals surface area contributed by atoms with Gasteiger partial charge >= 0.3 is 0 Å². The van der Waals surface area contributed by atoms with Crippen LogP contribution >= 0.6 is 23.5 Å². The third-order valence-electron chi connectivity index (χ3n) is 3.49. The second-order valence-electron chi connectivity index (χ2n) is 4.92. The second-order valence-corrected chi connectivity index (χ2v) is 7.22. The van der Waals surface area contributed by atoms with Gasteiger partial charge in [0.15, 0.2) is 0 Å². The number of aliphatic hydroxyl groups is 1. The molecule has 1 N–H and O–H groups in total. The average Bonchev–Trinajstić information content (AvgIpc) is 2.68. The van der Waals surface area contributed by atoms with Crippen LogP contribution in [0.25, 0.3) is 0 Å². The maximum atomic E-state index is 11.4. The molecule has 0 aromatic rings. The van der Waals surface area contributed by atoms with E-state index in [0.29, 0.717) is 19.1 Å². The van der Waals surface area contributed by atoms with Crippen LogP contribution in [0.1, 0.15) is 6.92 Å². The van der Waals surface area contributed by atoms with Crippen LogP contribution in [0.3, 0.4) is 0 Å². The van der Waals surface area contributed by atoms with E-state index in [-0.39, 0.29) is 5.91 Å². The number of β-amino-alcohol motifs (C(OH)–C–C–N with tert-alkyl or cyclic N) is 1. The third kappa shape index (κ3) is 4.05. The predicted molar refractivity (Wildman–Crippen MR) is 78.3 cm³/mol. The number of carbonyl (C=O) groups excluding carboxylic acids is 1. The molecule has 4 nitrogen and oxygen atoms in total. The minimum Gasteiger partial charge on any atom is -0.390 e. The molecule has 2 saturated heterocycles. The number of hydrogen-bond acceptors (Lipinski definition) is 5. The molecule has 1 atom stereocenters. The fourth-order valence-electron chi connectivity index (χ4n) is 2.45. The SMILES string of the molecule is CC(=O)N1CCN(C2CSCCSC2)CC(O)C1. The Kier molecular flexibility index (Phi) is 5.66. The molecule has 18 heavy (non-hydrogen) atoms. The fraction of sp³-hybridized carbons (Fsp3) is 0.917. The van der Waals surface area contributed by atoms with E-state index in [4.69, 9.17) is 0 Å². The molecule has 2 heterocycles. The standard InChI is InChI=1S/C12H22N2O2S2/c1-10(15)13-2-3-14(7-12(16)6-13)11-8-17-4-5-18-9-11/h11-12,16H,2-9H2,1H3. The number of carbonyl (C=O) groups is 1. The second kappa shape index (κ2) is 7.03. The lowest BCUT2D eigenvalue weighted by molar-refractivity contribution is -0.129. The van der Waals surface area contributed by atoms with Gasteiger partial charge in [0.05, 0.1) is 6.10 Å². The number of amides is 1. The van der Waals surface area contributed by atoms with E-state index < -0.39 is 6.10 Å². The minimum atomic E-state index is -0.408. The van der Waals surface area contributed by atoms with Gasteiger partial charge in [0.2, 0.25) is 5.91 Å². The molecule has 0 spiro atoms. The van der Waals surface area contributed by atoms with Crippen molar-refractivity contribution in [1.82, 2.24) is 9.80 Å². The Morgan fingerprint density at radius 2 is 1.83 bits per heavy atom. The summed E-state index contributed by atoms with van der Waals surface area (Å²) in [5.74, 6) is 4.84. The van der Waals surface area contributed by atoms with Gasteiger partial charge in [-0.15, -0.1) is 0 Å². The Labute approximate surface area is 117 Å². The van der Waals surface area contributed by atoms with Crippen molar-refractivity contribution < 1.29 is 9.90 Å². The van der Waals surface area contributed by atoms with E-state index in [0.717, 1.165) is 24.6 Å². The summed E-state index contributed by atoms with van der Waals surface area (Å²) in [4.78, 5) is 15.6. The van der Waals surface area contributed by atoms with Crippen molar-refractivity contribution in [2.45, 2.75) is 19.1 Å². The Morgan fingerprint density at radius 1 is 1.17 bits per heavy atom. The first-order valence-electron chi connectivity index (χ1n) is 6.50. The van der Waals surface area contributed by atoms with Gasteiger partial charge in [-0.3, -0.25) is 9.69 Å². The highest BCUT2D eigenvalue weighted by molar-refractivity contribution is 8.03. The molecule has 0 saturated carbocycles. The van der Waals surface area contributed by atoms with Crippen molar-refractivity contribution in [1.29, 1.82) is 0 Å². The van der Waals surface area contributed by atoms with Crippen molar-refractivity contribution in [2.75, 3.05) is 49.2 Å². The van der Waals surface area contributed by atoms with Gasteiger partial charge in [-0.2, -0.15) is 23.5 Å². The summed E-state index contributed by atoms with van der Waals surface area (Å²) in [7, 11) is 0. The molecule has 104 valence electrons. The van der Waals surface area contributed by atoms with Gasteiger partial charge < -0.3 is 10.0 Å². The van der Waals surface area contributed by atoms with E-state index in [2.05, 4.69) is 4.90 Å². The molecule has 0 bridgehead atoms. The zero-order valence-corrected chi connectivity index (χ0v) is 12.5. The zero-order valence-electron chi connectivity index (χ0n) is 10.9. The summed E-state index contributed by atoms with van der Waals surface area (Å²) in [5.41, 5.74) is 0. The van der Waals surface area contributed by atoms with Crippen molar-refractivity contribution in [3.8, 4) is 0 Å². The first kappa shape index (κ1) is 14.5. The maximum Gasteiger partial charge on any atom is 0.219 e. The summed E-state index contributed by atoms with van der Waals surface area (Å²) >= 11 is 4.02. The molecule has 2 aliphatic rings. The van der Waals surface area contributed by atoms with Crippen LogP contribution in [0.5, 0.6) is 0 Å². The summed E-state index contributed by atoms with van der Waals surface area (Å²) in [6, 6.07) is 0.545. The number of hydrogen-bond donors (Lipinski definition) is 1. The molecule has 0 aromatic carbocycles.